The summed E-state index contributed by atoms with van der Waals surface area (Å²) in [6, 6.07) is 8.89. The molecule has 1 N–H and O–H groups in total. The largest absolute Gasteiger partial charge is 0.278 e. The monoisotopic (exact) mass is 372 g/mol. The fourth-order valence-electron chi connectivity index (χ4n) is 2.72. The van der Waals surface area contributed by atoms with Gasteiger partial charge in [-0.3, -0.25) is 4.72 Å². The summed E-state index contributed by atoms with van der Waals surface area (Å²) in [5.74, 6) is 0. The predicted octanol–water partition coefficient (Wildman–Crippen LogP) is 4.11. The standard InChI is InChI=1S/C19H24N4O2S/c1-13(2)23-18-14(11-21-23)10-16(12-20-18)22-26(24,25)17-8-6-15(7-9-17)19(3,4)5/h6-13,22H,1-5H3. The lowest BCUT2D eigenvalue weighted by molar-refractivity contribution is 0.546. The minimum atomic E-state index is -3.67. The normalized spacial score (nSPS) is 12.7. The number of pyridine rings is 1. The molecule has 26 heavy (non-hydrogen) atoms. The molecule has 2 aromatic heterocycles. The number of anilines is 1. The number of hydrogen-bond donors (Lipinski definition) is 1. The van der Waals surface area contributed by atoms with Crippen molar-refractivity contribution in [2.45, 2.75) is 51.0 Å². The number of hydrogen-bond acceptors (Lipinski definition) is 4. The van der Waals surface area contributed by atoms with Gasteiger partial charge in [-0.25, -0.2) is 18.1 Å². The molecule has 0 saturated carbocycles. The van der Waals surface area contributed by atoms with Crippen molar-refractivity contribution in [1.82, 2.24) is 14.8 Å². The molecule has 3 rings (SSSR count). The van der Waals surface area contributed by atoms with Crippen LogP contribution in [0.1, 0.15) is 46.2 Å². The van der Waals surface area contributed by atoms with Crippen molar-refractivity contribution in [3.05, 3.63) is 48.3 Å². The van der Waals surface area contributed by atoms with E-state index in [0.29, 0.717) is 5.69 Å². The molecule has 0 aliphatic heterocycles. The second kappa shape index (κ2) is 6.39. The molecule has 0 saturated heterocycles. The van der Waals surface area contributed by atoms with E-state index in [0.717, 1.165) is 16.6 Å². The van der Waals surface area contributed by atoms with E-state index in [1.54, 1.807) is 29.1 Å². The molecule has 0 atom stereocenters. The van der Waals surface area contributed by atoms with Crippen LogP contribution in [0.2, 0.25) is 0 Å². The van der Waals surface area contributed by atoms with Gasteiger partial charge in [0.05, 0.1) is 23.0 Å². The van der Waals surface area contributed by atoms with Gasteiger partial charge in [0.2, 0.25) is 0 Å². The third-order valence-electron chi connectivity index (χ3n) is 4.21. The summed E-state index contributed by atoms with van der Waals surface area (Å²) in [6.07, 6.45) is 3.21. The first-order valence-electron chi connectivity index (χ1n) is 8.54. The average molecular weight is 372 g/mol. The van der Waals surface area contributed by atoms with Crippen LogP contribution in [0.15, 0.2) is 47.6 Å². The van der Waals surface area contributed by atoms with Crippen molar-refractivity contribution in [1.29, 1.82) is 0 Å². The van der Waals surface area contributed by atoms with E-state index in [4.69, 9.17) is 0 Å². The molecule has 138 valence electrons. The van der Waals surface area contributed by atoms with Crippen LogP contribution in [-0.2, 0) is 15.4 Å². The van der Waals surface area contributed by atoms with Gasteiger partial charge >= 0.3 is 0 Å². The van der Waals surface area contributed by atoms with Gasteiger partial charge in [-0.1, -0.05) is 32.9 Å². The fourth-order valence-corrected chi connectivity index (χ4v) is 3.76. The van der Waals surface area contributed by atoms with E-state index in [1.165, 1.54) is 6.20 Å². The smallest absolute Gasteiger partial charge is 0.261 e. The first kappa shape index (κ1) is 18.4. The van der Waals surface area contributed by atoms with Crippen molar-refractivity contribution in [2.24, 2.45) is 0 Å². The van der Waals surface area contributed by atoms with E-state index in [-0.39, 0.29) is 16.4 Å². The van der Waals surface area contributed by atoms with Gasteiger partial charge in [0.25, 0.3) is 10.0 Å². The van der Waals surface area contributed by atoms with Crippen LogP contribution < -0.4 is 4.72 Å². The lowest BCUT2D eigenvalue weighted by Gasteiger charge is -2.19. The van der Waals surface area contributed by atoms with Crippen molar-refractivity contribution in [3.63, 3.8) is 0 Å². The summed E-state index contributed by atoms with van der Waals surface area (Å²) < 4.78 is 29.7. The molecule has 3 aromatic rings. The van der Waals surface area contributed by atoms with Crippen LogP contribution in [0.4, 0.5) is 5.69 Å². The summed E-state index contributed by atoms with van der Waals surface area (Å²) in [6.45, 7) is 10.3. The van der Waals surface area contributed by atoms with Gasteiger partial charge in [0.15, 0.2) is 5.65 Å². The highest BCUT2D eigenvalue weighted by atomic mass is 32.2. The van der Waals surface area contributed by atoms with E-state index in [9.17, 15) is 8.42 Å². The lowest BCUT2D eigenvalue weighted by atomic mass is 9.87. The Labute approximate surface area is 154 Å². The summed E-state index contributed by atoms with van der Waals surface area (Å²) in [4.78, 5) is 4.59. The zero-order chi connectivity index (χ0) is 19.1. The first-order chi connectivity index (χ1) is 12.1. The van der Waals surface area contributed by atoms with Crippen molar-refractivity contribution < 1.29 is 8.42 Å². The Kier molecular flexibility index (Phi) is 4.52. The molecule has 1 aromatic carbocycles. The van der Waals surface area contributed by atoms with Gasteiger partial charge in [-0.2, -0.15) is 5.10 Å². The van der Waals surface area contributed by atoms with Crippen LogP contribution in [0, 0.1) is 0 Å². The van der Waals surface area contributed by atoms with E-state index in [2.05, 4.69) is 35.6 Å². The quantitative estimate of drug-likeness (QED) is 0.748. The van der Waals surface area contributed by atoms with Crippen LogP contribution in [0.5, 0.6) is 0 Å². The highest BCUT2D eigenvalue weighted by Crippen LogP contribution is 2.25. The van der Waals surface area contributed by atoms with Crippen LogP contribution in [0.3, 0.4) is 0 Å². The molecule has 0 aliphatic carbocycles. The highest BCUT2D eigenvalue weighted by Gasteiger charge is 2.18. The molecule has 0 bridgehead atoms. The second-order valence-corrected chi connectivity index (χ2v) is 9.38. The first-order valence-corrected chi connectivity index (χ1v) is 10.0. The highest BCUT2D eigenvalue weighted by molar-refractivity contribution is 7.92. The maximum atomic E-state index is 12.7. The number of aromatic nitrogens is 3. The molecule has 0 radical (unpaired) electrons. The average Bonchev–Trinajstić information content (AvgIpc) is 2.97. The van der Waals surface area contributed by atoms with Crippen molar-refractivity contribution in [3.8, 4) is 0 Å². The fraction of sp³-hybridized carbons (Fsp3) is 0.368. The summed E-state index contributed by atoms with van der Waals surface area (Å²) in [7, 11) is -3.67. The zero-order valence-electron chi connectivity index (χ0n) is 15.7. The number of rotatable bonds is 4. The predicted molar refractivity (Wildman–Crippen MR) is 104 cm³/mol. The minimum absolute atomic E-state index is 0.0265. The number of fused-ring (bicyclic) bond motifs is 1. The maximum absolute atomic E-state index is 12.7. The molecular formula is C19H24N4O2S. The topological polar surface area (TPSA) is 76.9 Å². The number of nitrogens with zero attached hydrogens (tertiary/aromatic N) is 3. The molecule has 2 heterocycles. The van der Waals surface area contributed by atoms with Crippen molar-refractivity contribution >= 4 is 26.7 Å². The molecule has 0 aliphatic rings. The Bertz CT molecular complexity index is 1030. The Morgan fingerprint density at radius 1 is 1.08 bits per heavy atom. The Morgan fingerprint density at radius 3 is 2.31 bits per heavy atom. The third kappa shape index (κ3) is 3.58. The molecule has 0 amide bonds. The molecular weight excluding hydrogens is 348 g/mol. The minimum Gasteiger partial charge on any atom is -0.278 e. The van der Waals surface area contributed by atoms with Crippen molar-refractivity contribution in [2.75, 3.05) is 4.72 Å². The number of sulfonamides is 1. The van der Waals surface area contributed by atoms with E-state index >= 15 is 0 Å². The Hall–Kier alpha value is -2.41. The third-order valence-corrected chi connectivity index (χ3v) is 5.60. The van der Waals surface area contributed by atoms with E-state index < -0.39 is 10.0 Å². The Morgan fingerprint density at radius 2 is 1.73 bits per heavy atom. The van der Waals surface area contributed by atoms with E-state index in [1.807, 2.05) is 26.0 Å². The van der Waals surface area contributed by atoms with Gasteiger partial charge in [0.1, 0.15) is 0 Å². The number of benzene rings is 1. The van der Waals surface area contributed by atoms with Crippen LogP contribution >= 0.6 is 0 Å². The van der Waals surface area contributed by atoms with Crippen LogP contribution in [0.25, 0.3) is 11.0 Å². The second-order valence-electron chi connectivity index (χ2n) is 7.70. The van der Waals surface area contributed by atoms with Gasteiger partial charge in [-0.15, -0.1) is 0 Å². The molecule has 0 spiro atoms. The number of nitrogens with one attached hydrogen (secondary N) is 1. The Balaban J connectivity index is 1.88. The lowest BCUT2D eigenvalue weighted by Crippen LogP contribution is -2.15. The van der Waals surface area contributed by atoms with Gasteiger partial charge in [-0.05, 0) is 43.0 Å². The summed E-state index contributed by atoms with van der Waals surface area (Å²) in [5.41, 5.74) is 2.21. The molecule has 7 heteroatoms. The zero-order valence-corrected chi connectivity index (χ0v) is 16.5. The summed E-state index contributed by atoms with van der Waals surface area (Å²) in [5, 5.41) is 5.09. The van der Waals surface area contributed by atoms with Gasteiger partial charge < -0.3 is 0 Å². The molecule has 0 fully saturated rings. The maximum Gasteiger partial charge on any atom is 0.261 e. The van der Waals surface area contributed by atoms with Crippen LogP contribution in [-0.4, -0.2) is 23.2 Å². The molecule has 0 unspecified atom stereocenters. The molecule has 6 nitrogen and oxygen atoms in total. The SMILES string of the molecule is CC(C)n1ncc2cc(NS(=O)(=O)c3ccc(C(C)(C)C)cc3)cnc21. The summed E-state index contributed by atoms with van der Waals surface area (Å²) >= 11 is 0. The van der Waals surface area contributed by atoms with Gasteiger partial charge in [0, 0.05) is 11.4 Å².